The first kappa shape index (κ1) is 21.9. The van der Waals surface area contributed by atoms with Crippen LogP contribution >= 0.6 is 0 Å². The fraction of sp³-hybridized carbons (Fsp3) is 0.286. The summed E-state index contributed by atoms with van der Waals surface area (Å²) in [5, 5.41) is 5.23. The van der Waals surface area contributed by atoms with Gasteiger partial charge in [-0.2, -0.15) is 4.31 Å². The van der Waals surface area contributed by atoms with Crippen molar-refractivity contribution in [2.75, 3.05) is 31.5 Å². The van der Waals surface area contributed by atoms with Crippen LogP contribution in [0.15, 0.2) is 53.4 Å². The van der Waals surface area contributed by atoms with Gasteiger partial charge in [-0.25, -0.2) is 12.8 Å². The van der Waals surface area contributed by atoms with Crippen LogP contribution in [0.4, 0.5) is 10.1 Å². The van der Waals surface area contributed by atoms with E-state index >= 15 is 0 Å². The van der Waals surface area contributed by atoms with E-state index in [9.17, 15) is 27.2 Å². The smallest absolute Gasteiger partial charge is 0.254 e. The molecule has 2 N–H and O–H groups in total. The van der Waals surface area contributed by atoms with Gasteiger partial charge in [0.1, 0.15) is 11.9 Å². The predicted molar refractivity (Wildman–Crippen MR) is 113 cm³/mol. The predicted octanol–water partition coefficient (Wildman–Crippen LogP) is 0.799. The monoisotopic (exact) mass is 460 g/mol. The Kier molecular flexibility index (Phi) is 5.94. The number of fused-ring (bicyclic) bond motifs is 1. The lowest BCUT2D eigenvalue weighted by molar-refractivity contribution is -0.134. The van der Waals surface area contributed by atoms with Crippen LogP contribution in [0.2, 0.25) is 0 Å². The van der Waals surface area contributed by atoms with Crippen LogP contribution in [0.5, 0.6) is 0 Å². The summed E-state index contributed by atoms with van der Waals surface area (Å²) >= 11 is 0. The van der Waals surface area contributed by atoms with Crippen molar-refractivity contribution in [2.45, 2.75) is 17.4 Å². The number of anilines is 1. The van der Waals surface area contributed by atoms with Crippen molar-refractivity contribution < 1.29 is 27.2 Å². The normalized spacial score (nSPS) is 19.5. The minimum absolute atomic E-state index is 0.0175. The molecule has 1 atom stereocenters. The maximum Gasteiger partial charge on any atom is 0.254 e. The second kappa shape index (κ2) is 8.67. The molecule has 0 radical (unpaired) electrons. The number of hydrogen-bond donors (Lipinski definition) is 2. The zero-order valence-corrected chi connectivity index (χ0v) is 17.8. The van der Waals surface area contributed by atoms with Gasteiger partial charge in [0.2, 0.25) is 21.8 Å². The highest BCUT2D eigenvalue weighted by molar-refractivity contribution is 7.89. The van der Waals surface area contributed by atoms with Crippen LogP contribution < -0.4 is 10.6 Å². The molecule has 11 heteroatoms. The van der Waals surface area contributed by atoms with Crippen molar-refractivity contribution in [1.82, 2.24) is 14.5 Å². The average Bonchev–Trinajstić information content (AvgIpc) is 2.90. The lowest BCUT2D eigenvalue weighted by Gasteiger charge is -2.34. The number of halogens is 1. The van der Waals surface area contributed by atoms with Crippen molar-refractivity contribution >= 4 is 33.4 Å². The molecule has 168 valence electrons. The molecule has 1 fully saturated rings. The Morgan fingerprint density at radius 2 is 1.66 bits per heavy atom. The Labute approximate surface area is 184 Å². The van der Waals surface area contributed by atoms with E-state index in [2.05, 4.69) is 10.6 Å². The lowest BCUT2D eigenvalue weighted by Crippen LogP contribution is -2.52. The molecule has 0 aliphatic carbocycles. The molecule has 2 aliphatic heterocycles. The molecule has 3 amide bonds. The first-order valence-electron chi connectivity index (χ1n) is 10.00. The van der Waals surface area contributed by atoms with E-state index in [-0.39, 0.29) is 43.4 Å². The third-order valence-corrected chi connectivity index (χ3v) is 7.39. The fourth-order valence-electron chi connectivity index (χ4n) is 3.69. The van der Waals surface area contributed by atoms with Gasteiger partial charge in [-0.05, 0) is 36.4 Å². The first-order valence-corrected chi connectivity index (χ1v) is 11.4. The van der Waals surface area contributed by atoms with Crippen molar-refractivity contribution in [1.29, 1.82) is 0 Å². The minimum atomic E-state index is -3.80. The van der Waals surface area contributed by atoms with Gasteiger partial charge in [-0.3, -0.25) is 14.4 Å². The minimum Gasteiger partial charge on any atom is -0.340 e. The van der Waals surface area contributed by atoms with Gasteiger partial charge in [-0.1, -0.05) is 12.1 Å². The number of para-hydroxylation sites is 1. The Morgan fingerprint density at radius 3 is 2.34 bits per heavy atom. The van der Waals surface area contributed by atoms with E-state index in [1.54, 1.807) is 24.3 Å². The highest BCUT2D eigenvalue weighted by atomic mass is 32.2. The molecule has 32 heavy (non-hydrogen) atoms. The first-order chi connectivity index (χ1) is 15.3. The van der Waals surface area contributed by atoms with Gasteiger partial charge in [-0.15, -0.1) is 0 Å². The maximum atomic E-state index is 13.1. The van der Waals surface area contributed by atoms with Gasteiger partial charge in [0.25, 0.3) is 5.91 Å². The number of piperazine rings is 1. The second-order valence-corrected chi connectivity index (χ2v) is 9.44. The van der Waals surface area contributed by atoms with Crippen LogP contribution in [-0.4, -0.2) is 67.6 Å². The quantitative estimate of drug-likeness (QED) is 0.700. The standard InChI is InChI=1S/C21H21FN4O5S/c22-14-5-7-15(8-6-14)32(30,31)26-11-9-25(10-12-26)19(27)13-18-21(29)23-17-4-2-1-3-16(17)20(28)24-18/h1-8,18H,9-13H2,(H,23,29)(H,24,28). The Morgan fingerprint density at radius 1 is 1.00 bits per heavy atom. The number of nitrogens with zero attached hydrogens (tertiary/aromatic N) is 2. The number of sulfonamides is 1. The molecule has 2 aromatic carbocycles. The van der Waals surface area contributed by atoms with Gasteiger partial charge in [0.05, 0.1) is 22.6 Å². The van der Waals surface area contributed by atoms with Crippen LogP contribution in [0.1, 0.15) is 16.8 Å². The van der Waals surface area contributed by atoms with E-state index in [0.29, 0.717) is 11.3 Å². The zero-order chi connectivity index (χ0) is 22.9. The second-order valence-electron chi connectivity index (χ2n) is 7.50. The number of carbonyl (C=O) groups excluding carboxylic acids is 3. The van der Waals surface area contributed by atoms with Crippen molar-refractivity contribution in [3.05, 3.63) is 59.9 Å². The van der Waals surface area contributed by atoms with Gasteiger partial charge in [0, 0.05) is 26.2 Å². The molecule has 0 bridgehead atoms. The van der Waals surface area contributed by atoms with Crippen molar-refractivity contribution in [2.24, 2.45) is 0 Å². The number of nitrogens with one attached hydrogen (secondary N) is 2. The van der Waals surface area contributed by atoms with Crippen LogP contribution in [-0.2, 0) is 19.6 Å². The summed E-state index contributed by atoms with van der Waals surface area (Å²) < 4.78 is 39.8. The average molecular weight is 460 g/mol. The van der Waals surface area contributed by atoms with E-state index in [0.717, 1.165) is 12.1 Å². The summed E-state index contributed by atoms with van der Waals surface area (Å²) in [6, 6.07) is 10.1. The van der Waals surface area contributed by atoms with Gasteiger partial charge < -0.3 is 15.5 Å². The topological polar surface area (TPSA) is 116 Å². The summed E-state index contributed by atoms with van der Waals surface area (Å²) in [7, 11) is -3.80. The maximum absolute atomic E-state index is 13.1. The SMILES string of the molecule is O=C1NC(CC(=O)N2CCN(S(=O)(=O)c3ccc(F)cc3)CC2)C(=O)Nc2ccccc21. The molecule has 9 nitrogen and oxygen atoms in total. The molecule has 2 aromatic rings. The van der Waals surface area contributed by atoms with Gasteiger partial charge >= 0.3 is 0 Å². The molecule has 0 saturated carbocycles. The van der Waals surface area contributed by atoms with Crippen molar-refractivity contribution in [3.63, 3.8) is 0 Å². The Bertz CT molecular complexity index is 1160. The van der Waals surface area contributed by atoms with E-state index < -0.39 is 33.7 Å². The highest BCUT2D eigenvalue weighted by Crippen LogP contribution is 2.21. The molecular weight excluding hydrogens is 439 g/mol. The highest BCUT2D eigenvalue weighted by Gasteiger charge is 2.34. The summed E-state index contributed by atoms with van der Waals surface area (Å²) in [5.74, 6) is -1.84. The van der Waals surface area contributed by atoms with Crippen molar-refractivity contribution in [3.8, 4) is 0 Å². The molecule has 1 saturated heterocycles. The largest absolute Gasteiger partial charge is 0.340 e. The fourth-order valence-corrected chi connectivity index (χ4v) is 5.11. The number of carbonyl (C=O) groups is 3. The number of rotatable bonds is 4. The molecule has 1 unspecified atom stereocenters. The third-order valence-electron chi connectivity index (χ3n) is 5.47. The molecule has 2 heterocycles. The summed E-state index contributed by atoms with van der Waals surface area (Å²) in [4.78, 5) is 39.1. The van der Waals surface area contributed by atoms with Crippen LogP contribution in [0, 0.1) is 5.82 Å². The molecule has 4 rings (SSSR count). The molecular formula is C21H21FN4O5S. The summed E-state index contributed by atoms with van der Waals surface area (Å²) in [6.45, 7) is 0.420. The third kappa shape index (κ3) is 4.34. The lowest BCUT2D eigenvalue weighted by atomic mass is 10.1. The van der Waals surface area contributed by atoms with Gasteiger partial charge in [0.15, 0.2) is 0 Å². The van der Waals surface area contributed by atoms with E-state index in [4.69, 9.17) is 0 Å². The Balaban J connectivity index is 1.37. The number of hydrogen-bond acceptors (Lipinski definition) is 5. The van der Waals surface area contributed by atoms with Crippen LogP contribution in [0.25, 0.3) is 0 Å². The van der Waals surface area contributed by atoms with E-state index in [1.807, 2.05) is 0 Å². The van der Waals surface area contributed by atoms with E-state index in [1.165, 1.54) is 21.3 Å². The number of benzene rings is 2. The van der Waals surface area contributed by atoms with Crippen LogP contribution in [0.3, 0.4) is 0 Å². The molecule has 2 aliphatic rings. The number of amides is 3. The Hall–Kier alpha value is -3.31. The summed E-state index contributed by atoms with van der Waals surface area (Å²) in [5.41, 5.74) is 0.694. The zero-order valence-electron chi connectivity index (χ0n) is 17.0. The molecule has 0 spiro atoms. The summed E-state index contributed by atoms with van der Waals surface area (Å²) in [6.07, 6.45) is -0.240. The molecule has 0 aromatic heterocycles.